The monoisotopic (exact) mass is 381 g/mol. The Hall–Kier alpha value is -2.95. The molecule has 28 heavy (non-hydrogen) atoms. The number of amides is 2. The van der Waals surface area contributed by atoms with Crippen LogP contribution in [0.3, 0.4) is 0 Å². The van der Waals surface area contributed by atoms with Gasteiger partial charge in [0.25, 0.3) is 11.8 Å². The predicted octanol–water partition coefficient (Wildman–Crippen LogP) is 4.39. The van der Waals surface area contributed by atoms with Crippen LogP contribution in [0, 0.1) is 19.8 Å². The van der Waals surface area contributed by atoms with E-state index in [2.05, 4.69) is 22.2 Å². The lowest BCUT2D eigenvalue weighted by Gasteiger charge is -2.15. The van der Waals surface area contributed by atoms with Crippen molar-refractivity contribution in [3.63, 3.8) is 0 Å². The number of carbonyl (C=O) groups excluding carboxylic acids is 2. The van der Waals surface area contributed by atoms with Crippen LogP contribution < -0.4 is 10.6 Å². The molecule has 1 aromatic carbocycles. The summed E-state index contributed by atoms with van der Waals surface area (Å²) >= 11 is 0. The molecule has 1 aliphatic rings. The van der Waals surface area contributed by atoms with Crippen LogP contribution >= 0.6 is 0 Å². The van der Waals surface area contributed by atoms with Crippen LogP contribution in [0.25, 0.3) is 17.2 Å². The van der Waals surface area contributed by atoms with E-state index in [0.717, 1.165) is 27.9 Å². The van der Waals surface area contributed by atoms with E-state index in [0.29, 0.717) is 30.3 Å². The second-order valence-corrected chi connectivity index (χ2v) is 7.30. The van der Waals surface area contributed by atoms with Gasteiger partial charge in [0.2, 0.25) is 0 Å². The Morgan fingerprint density at radius 3 is 2.54 bits per heavy atom. The van der Waals surface area contributed by atoms with Gasteiger partial charge in [0.1, 0.15) is 5.69 Å². The number of aromatic nitrogens is 1. The van der Waals surface area contributed by atoms with Crippen molar-refractivity contribution in [1.29, 1.82) is 0 Å². The zero-order valence-electron chi connectivity index (χ0n) is 16.8. The molecule has 5 nitrogen and oxygen atoms in total. The molecule has 1 heterocycles. The molecule has 2 aromatic rings. The summed E-state index contributed by atoms with van der Waals surface area (Å²) < 4.78 is 0. The molecule has 3 rings (SSSR count). The van der Waals surface area contributed by atoms with Gasteiger partial charge in [-0.05, 0) is 74.4 Å². The molecule has 1 aliphatic carbocycles. The van der Waals surface area contributed by atoms with Crippen molar-refractivity contribution in [3.05, 3.63) is 58.9 Å². The molecular formula is C23H31N3O2. The number of carbonyl (C=O) groups is 2. The Balaban J connectivity index is 0.00000225. The molecule has 0 atom stereocenters. The molecule has 1 saturated carbocycles. The molecule has 2 amide bonds. The van der Waals surface area contributed by atoms with Gasteiger partial charge in [0.15, 0.2) is 0 Å². The first-order valence-corrected chi connectivity index (χ1v) is 9.76. The van der Waals surface area contributed by atoms with Crippen molar-refractivity contribution >= 4 is 17.9 Å². The van der Waals surface area contributed by atoms with Gasteiger partial charge < -0.3 is 10.6 Å². The number of pyridine rings is 1. The third kappa shape index (κ3) is 4.30. The van der Waals surface area contributed by atoms with Gasteiger partial charge in [-0.1, -0.05) is 18.7 Å². The van der Waals surface area contributed by atoms with E-state index in [4.69, 9.17) is 0 Å². The molecular weight excluding hydrogens is 350 g/mol. The van der Waals surface area contributed by atoms with E-state index < -0.39 is 0 Å². The van der Waals surface area contributed by atoms with Gasteiger partial charge in [-0.3, -0.25) is 9.59 Å². The fourth-order valence-electron chi connectivity index (χ4n) is 3.23. The largest absolute Gasteiger partial charge is 0.352 e. The first kappa shape index (κ1) is 19.8. The van der Waals surface area contributed by atoms with E-state index in [1.807, 2.05) is 39.0 Å². The average Bonchev–Trinajstić information content (AvgIpc) is 3.50. The van der Waals surface area contributed by atoms with Gasteiger partial charge in [-0.2, -0.15) is 0 Å². The standard InChI is InChI=1S/C23H27N3O2.2H2/c1-5-17-12-20(22(27)24-6-2)19(11-14(17)3)18-9-10-21(26-15(18)4)23(28)25-13-16-7-8-16;;/h5,9-12,16H,1,6-8,13H2,2-4H3,(H,24,27)(H,25,28);2*1H. The van der Waals surface area contributed by atoms with E-state index in [9.17, 15) is 9.59 Å². The van der Waals surface area contributed by atoms with Gasteiger partial charge in [-0.25, -0.2) is 4.98 Å². The Morgan fingerprint density at radius 1 is 1.18 bits per heavy atom. The highest BCUT2D eigenvalue weighted by Crippen LogP contribution is 2.30. The number of rotatable bonds is 7. The number of benzene rings is 1. The molecule has 2 N–H and O–H groups in total. The Bertz CT molecular complexity index is 940. The van der Waals surface area contributed by atoms with Crippen molar-refractivity contribution in [2.75, 3.05) is 13.1 Å². The lowest BCUT2D eigenvalue weighted by Crippen LogP contribution is -2.26. The summed E-state index contributed by atoms with van der Waals surface area (Å²) in [5.74, 6) is 0.338. The third-order valence-electron chi connectivity index (χ3n) is 5.06. The van der Waals surface area contributed by atoms with Crippen molar-refractivity contribution < 1.29 is 12.4 Å². The van der Waals surface area contributed by atoms with Crippen LogP contribution in [-0.4, -0.2) is 29.9 Å². The predicted molar refractivity (Wildman–Crippen MR) is 117 cm³/mol. The summed E-state index contributed by atoms with van der Waals surface area (Å²) in [6.07, 6.45) is 4.13. The van der Waals surface area contributed by atoms with E-state index in [-0.39, 0.29) is 14.7 Å². The van der Waals surface area contributed by atoms with Crippen molar-refractivity contribution in [2.45, 2.75) is 33.6 Å². The number of nitrogens with zero attached hydrogens (tertiary/aromatic N) is 1. The number of nitrogens with one attached hydrogen (secondary N) is 2. The Kier molecular flexibility index (Phi) is 5.93. The van der Waals surface area contributed by atoms with Crippen molar-refractivity contribution in [3.8, 4) is 11.1 Å². The minimum Gasteiger partial charge on any atom is -0.352 e. The third-order valence-corrected chi connectivity index (χ3v) is 5.06. The fourth-order valence-corrected chi connectivity index (χ4v) is 3.23. The molecule has 1 fully saturated rings. The highest BCUT2D eigenvalue weighted by Gasteiger charge is 2.22. The van der Waals surface area contributed by atoms with E-state index in [1.165, 1.54) is 12.8 Å². The molecule has 0 unspecified atom stereocenters. The topological polar surface area (TPSA) is 71.1 Å². The quantitative estimate of drug-likeness (QED) is 0.747. The van der Waals surface area contributed by atoms with Crippen molar-refractivity contribution in [2.24, 2.45) is 5.92 Å². The maximum atomic E-state index is 12.6. The molecule has 5 heteroatoms. The molecule has 0 radical (unpaired) electrons. The highest BCUT2D eigenvalue weighted by atomic mass is 16.2. The van der Waals surface area contributed by atoms with Crippen LogP contribution in [-0.2, 0) is 0 Å². The molecule has 0 spiro atoms. The number of hydrogen-bond acceptors (Lipinski definition) is 3. The summed E-state index contributed by atoms with van der Waals surface area (Å²) in [7, 11) is 0. The summed E-state index contributed by atoms with van der Waals surface area (Å²) in [4.78, 5) is 29.5. The molecule has 0 bridgehead atoms. The van der Waals surface area contributed by atoms with Gasteiger partial charge in [-0.15, -0.1) is 0 Å². The number of aryl methyl sites for hydroxylation is 2. The van der Waals surface area contributed by atoms with Crippen LogP contribution in [0.1, 0.15) is 60.3 Å². The maximum Gasteiger partial charge on any atom is 0.269 e. The first-order chi connectivity index (χ1) is 13.4. The van der Waals surface area contributed by atoms with Gasteiger partial charge in [0.05, 0.1) is 0 Å². The second-order valence-electron chi connectivity index (χ2n) is 7.30. The Labute approximate surface area is 169 Å². The average molecular weight is 382 g/mol. The minimum atomic E-state index is -0.149. The van der Waals surface area contributed by atoms with Crippen LogP contribution in [0.2, 0.25) is 0 Å². The lowest BCUT2D eigenvalue weighted by molar-refractivity contribution is 0.0941. The normalized spacial score (nSPS) is 13.1. The zero-order valence-corrected chi connectivity index (χ0v) is 16.8. The van der Waals surface area contributed by atoms with Crippen LogP contribution in [0.15, 0.2) is 30.8 Å². The van der Waals surface area contributed by atoms with E-state index in [1.54, 1.807) is 12.1 Å². The molecule has 150 valence electrons. The molecule has 0 saturated heterocycles. The SMILES string of the molecule is C=Cc1cc(C(=O)NCC)c(-c2ccc(C(=O)NCC3CC3)nc2C)cc1C.[HH].[HH]. The fraction of sp³-hybridized carbons (Fsp3) is 0.348. The second kappa shape index (κ2) is 8.38. The molecule has 1 aromatic heterocycles. The highest BCUT2D eigenvalue weighted by molar-refractivity contribution is 6.02. The maximum absolute atomic E-state index is 12.6. The summed E-state index contributed by atoms with van der Waals surface area (Å²) in [6.45, 7) is 10.8. The zero-order chi connectivity index (χ0) is 20.3. The Morgan fingerprint density at radius 2 is 1.93 bits per heavy atom. The summed E-state index contributed by atoms with van der Waals surface area (Å²) in [6, 6.07) is 7.44. The van der Waals surface area contributed by atoms with Crippen LogP contribution in [0.4, 0.5) is 0 Å². The van der Waals surface area contributed by atoms with Crippen LogP contribution in [0.5, 0.6) is 0 Å². The minimum absolute atomic E-state index is 0. The number of hydrogen-bond donors (Lipinski definition) is 2. The first-order valence-electron chi connectivity index (χ1n) is 9.76. The van der Waals surface area contributed by atoms with Gasteiger partial charge >= 0.3 is 0 Å². The summed E-state index contributed by atoms with van der Waals surface area (Å²) in [5.41, 5.74) is 5.31. The summed E-state index contributed by atoms with van der Waals surface area (Å²) in [5, 5.41) is 5.81. The van der Waals surface area contributed by atoms with Gasteiger partial charge in [0, 0.05) is 32.8 Å². The molecule has 0 aliphatic heterocycles. The smallest absolute Gasteiger partial charge is 0.269 e. The lowest BCUT2D eigenvalue weighted by atomic mass is 9.92. The van der Waals surface area contributed by atoms with Crippen molar-refractivity contribution in [1.82, 2.24) is 15.6 Å². The van der Waals surface area contributed by atoms with E-state index >= 15 is 0 Å².